The lowest BCUT2D eigenvalue weighted by Crippen LogP contribution is -2.37. The van der Waals surface area contributed by atoms with E-state index in [0.717, 1.165) is 0 Å². The molecule has 0 bridgehead atoms. The van der Waals surface area contributed by atoms with E-state index in [1.807, 2.05) is 5.32 Å². The van der Waals surface area contributed by atoms with Crippen LogP contribution in [0.5, 0.6) is 0 Å². The second-order valence-corrected chi connectivity index (χ2v) is 2.89. The quantitative estimate of drug-likeness (QED) is 0.707. The van der Waals surface area contributed by atoms with Gasteiger partial charge in [0.2, 0.25) is 5.91 Å². The molecule has 1 heterocycles. The number of hydrogen-bond acceptors (Lipinski definition) is 2. The standard InChI is InChI=1S/C7H10F3NO2/c8-7(9,10)4-11-6(12)5-1-2-13-3-5/h5H,1-4H2,(H,11,12). The summed E-state index contributed by atoms with van der Waals surface area (Å²) in [5.74, 6) is -0.989. The van der Waals surface area contributed by atoms with Crippen molar-refractivity contribution in [2.24, 2.45) is 5.92 Å². The van der Waals surface area contributed by atoms with E-state index in [2.05, 4.69) is 0 Å². The van der Waals surface area contributed by atoms with Crippen LogP contribution >= 0.6 is 0 Å². The van der Waals surface area contributed by atoms with Gasteiger partial charge >= 0.3 is 6.18 Å². The summed E-state index contributed by atoms with van der Waals surface area (Å²) in [6.07, 6.45) is -3.83. The molecule has 1 aliphatic rings. The van der Waals surface area contributed by atoms with Crippen molar-refractivity contribution in [1.82, 2.24) is 5.32 Å². The van der Waals surface area contributed by atoms with Crippen molar-refractivity contribution in [3.8, 4) is 0 Å². The summed E-state index contributed by atoms with van der Waals surface area (Å²) in [7, 11) is 0. The zero-order valence-corrected chi connectivity index (χ0v) is 6.86. The van der Waals surface area contributed by atoms with E-state index in [0.29, 0.717) is 13.0 Å². The maximum atomic E-state index is 11.7. The summed E-state index contributed by atoms with van der Waals surface area (Å²) in [6.45, 7) is -0.587. The van der Waals surface area contributed by atoms with Gasteiger partial charge in [-0.3, -0.25) is 4.79 Å². The predicted octanol–water partition coefficient (Wildman–Crippen LogP) is 0.701. The molecule has 0 spiro atoms. The minimum atomic E-state index is -4.34. The molecule has 1 unspecified atom stereocenters. The Hall–Kier alpha value is -0.780. The molecule has 1 atom stereocenters. The highest BCUT2D eigenvalue weighted by atomic mass is 19.4. The number of alkyl halides is 3. The van der Waals surface area contributed by atoms with Crippen molar-refractivity contribution in [2.45, 2.75) is 12.6 Å². The molecule has 0 aromatic carbocycles. The highest BCUT2D eigenvalue weighted by molar-refractivity contribution is 5.79. The van der Waals surface area contributed by atoms with Gasteiger partial charge in [-0.1, -0.05) is 0 Å². The Morgan fingerprint density at radius 3 is 2.69 bits per heavy atom. The number of hydrogen-bond donors (Lipinski definition) is 1. The smallest absolute Gasteiger partial charge is 0.381 e. The first-order chi connectivity index (χ1) is 5.99. The van der Waals surface area contributed by atoms with Gasteiger partial charge in [0, 0.05) is 6.61 Å². The fourth-order valence-corrected chi connectivity index (χ4v) is 1.07. The van der Waals surface area contributed by atoms with Crippen LogP contribution in [-0.4, -0.2) is 31.8 Å². The van der Waals surface area contributed by atoms with Crippen LogP contribution in [-0.2, 0) is 9.53 Å². The van der Waals surface area contributed by atoms with Crippen LogP contribution in [0, 0.1) is 5.92 Å². The SMILES string of the molecule is O=C(NCC(F)(F)F)C1CCOC1. The molecule has 0 saturated carbocycles. The minimum Gasteiger partial charge on any atom is -0.381 e. The number of rotatable bonds is 2. The first-order valence-corrected chi connectivity index (χ1v) is 3.91. The average Bonchev–Trinajstić information content (AvgIpc) is 2.50. The van der Waals surface area contributed by atoms with E-state index < -0.39 is 24.5 Å². The monoisotopic (exact) mass is 197 g/mol. The third kappa shape index (κ3) is 3.63. The molecular weight excluding hydrogens is 187 g/mol. The Kier molecular flexibility index (Phi) is 3.13. The lowest BCUT2D eigenvalue weighted by Gasteiger charge is -2.10. The third-order valence-electron chi connectivity index (χ3n) is 1.76. The largest absolute Gasteiger partial charge is 0.405 e. The van der Waals surface area contributed by atoms with Gasteiger partial charge in [-0.2, -0.15) is 13.2 Å². The van der Waals surface area contributed by atoms with Gasteiger partial charge in [-0.05, 0) is 6.42 Å². The van der Waals surface area contributed by atoms with Gasteiger partial charge in [-0.15, -0.1) is 0 Å². The van der Waals surface area contributed by atoms with Crippen molar-refractivity contribution in [3.63, 3.8) is 0 Å². The maximum Gasteiger partial charge on any atom is 0.405 e. The van der Waals surface area contributed by atoms with Crippen molar-refractivity contribution >= 4 is 5.91 Å². The minimum absolute atomic E-state index is 0.226. The number of amides is 1. The molecule has 0 aromatic heterocycles. The van der Waals surface area contributed by atoms with Gasteiger partial charge in [-0.25, -0.2) is 0 Å². The lowest BCUT2D eigenvalue weighted by atomic mass is 10.1. The molecule has 0 aliphatic carbocycles. The Morgan fingerprint density at radius 1 is 1.54 bits per heavy atom. The topological polar surface area (TPSA) is 38.3 Å². The fraction of sp³-hybridized carbons (Fsp3) is 0.857. The molecule has 13 heavy (non-hydrogen) atoms. The third-order valence-corrected chi connectivity index (χ3v) is 1.76. The van der Waals surface area contributed by atoms with Crippen LogP contribution in [0.2, 0.25) is 0 Å². The average molecular weight is 197 g/mol. The first kappa shape index (κ1) is 10.3. The van der Waals surface area contributed by atoms with Crippen LogP contribution in [0.1, 0.15) is 6.42 Å². The molecule has 1 fully saturated rings. The van der Waals surface area contributed by atoms with E-state index in [9.17, 15) is 18.0 Å². The highest BCUT2D eigenvalue weighted by Crippen LogP contribution is 2.15. The van der Waals surface area contributed by atoms with Crippen LogP contribution in [0.4, 0.5) is 13.2 Å². The van der Waals surface area contributed by atoms with Gasteiger partial charge in [0.15, 0.2) is 0 Å². The van der Waals surface area contributed by atoms with E-state index in [1.54, 1.807) is 0 Å². The fourth-order valence-electron chi connectivity index (χ4n) is 1.07. The molecule has 76 valence electrons. The molecule has 1 amide bonds. The van der Waals surface area contributed by atoms with E-state index in [1.165, 1.54) is 0 Å². The summed E-state index contributed by atoms with van der Waals surface area (Å²) in [5.41, 5.74) is 0. The van der Waals surface area contributed by atoms with Gasteiger partial charge in [0.1, 0.15) is 6.54 Å². The molecule has 0 radical (unpaired) electrons. The number of halogens is 3. The molecule has 0 aromatic rings. The maximum absolute atomic E-state index is 11.7. The molecule has 1 N–H and O–H groups in total. The Morgan fingerprint density at radius 2 is 2.23 bits per heavy atom. The van der Waals surface area contributed by atoms with Crippen molar-refractivity contribution in [1.29, 1.82) is 0 Å². The van der Waals surface area contributed by atoms with E-state index in [4.69, 9.17) is 4.74 Å². The zero-order chi connectivity index (χ0) is 9.90. The van der Waals surface area contributed by atoms with Crippen molar-refractivity contribution < 1.29 is 22.7 Å². The summed E-state index contributed by atoms with van der Waals surface area (Å²) in [6, 6.07) is 0. The Bertz CT molecular complexity index is 187. The molecular formula is C7H10F3NO2. The second kappa shape index (κ2) is 3.95. The molecule has 6 heteroatoms. The number of carbonyl (C=O) groups is 1. The van der Waals surface area contributed by atoms with Crippen molar-refractivity contribution in [2.75, 3.05) is 19.8 Å². The highest BCUT2D eigenvalue weighted by Gasteiger charge is 2.30. The van der Waals surface area contributed by atoms with Crippen molar-refractivity contribution in [3.05, 3.63) is 0 Å². The first-order valence-electron chi connectivity index (χ1n) is 3.91. The summed E-state index contributed by atoms with van der Waals surface area (Å²) < 4.78 is 39.8. The number of carbonyl (C=O) groups excluding carboxylic acids is 1. The van der Waals surface area contributed by atoms with E-state index >= 15 is 0 Å². The second-order valence-electron chi connectivity index (χ2n) is 2.89. The predicted molar refractivity (Wildman–Crippen MR) is 38.0 cm³/mol. The van der Waals surface area contributed by atoms with Crippen LogP contribution in [0.25, 0.3) is 0 Å². The Labute approximate surface area is 73.2 Å². The number of nitrogens with one attached hydrogen (secondary N) is 1. The molecule has 3 nitrogen and oxygen atoms in total. The zero-order valence-electron chi connectivity index (χ0n) is 6.86. The van der Waals surface area contributed by atoms with Crippen LogP contribution in [0.3, 0.4) is 0 Å². The van der Waals surface area contributed by atoms with Gasteiger partial charge in [0.25, 0.3) is 0 Å². The summed E-state index contributed by atoms with van der Waals surface area (Å²) in [5, 5.41) is 1.82. The molecule has 1 aliphatic heterocycles. The number of ether oxygens (including phenoxy) is 1. The normalized spacial score (nSPS) is 23.2. The molecule has 1 saturated heterocycles. The van der Waals surface area contributed by atoms with Crippen LogP contribution in [0.15, 0.2) is 0 Å². The van der Waals surface area contributed by atoms with Crippen LogP contribution < -0.4 is 5.32 Å². The Balaban J connectivity index is 2.25. The van der Waals surface area contributed by atoms with E-state index in [-0.39, 0.29) is 6.61 Å². The molecule has 1 rings (SSSR count). The van der Waals surface area contributed by atoms with Gasteiger partial charge in [0.05, 0.1) is 12.5 Å². The lowest BCUT2D eigenvalue weighted by molar-refractivity contribution is -0.140. The summed E-state index contributed by atoms with van der Waals surface area (Å²) in [4.78, 5) is 11.0. The van der Waals surface area contributed by atoms with Gasteiger partial charge < -0.3 is 10.1 Å². The summed E-state index contributed by atoms with van der Waals surface area (Å²) >= 11 is 0.